The maximum atomic E-state index is 12.7. The first-order valence-corrected chi connectivity index (χ1v) is 9.68. The summed E-state index contributed by atoms with van der Waals surface area (Å²) in [5.74, 6) is 0.808. The lowest BCUT2D eigenvalue weighted by molar-refractivity contribution is -0.128. The molecule has 0 spiro atoms. The van der Waals surface area contributed by atoms with Crippen LogP contribution in [-0.4, -0.2) is 42.9 Å². The number of benzene rings is 1. The Kier molecular flexibility index (Phi) is 9.27. The molecule has 1 aromatic carbocycles. The van der Waals surface area contributed by atoms with Crippen molar-refractivity contribution in [1.29, 1.82) is 0 Å². The van der Waals surface area contributed by atoms with Crippen molar-refractivity contribution in [2.75, 3.05) is 26.2 Å². The Morgan fingerprint density at radius 2 is 1.70 bits per heavy atom. The van der Waals surface area contributed by atoms with Crippen LogP contribution in [0.2, 0.25) is 0 Å². The third kappa shape index (κ3) is 7.15. The zero-order chi connectivity index (χ0) is 19.2. The van der Waals surface area contributed by atoms with Crippen LogP contribution in [0.15, 0.2) is 24.3 Å². The molecule has 0 aliphatic carbocycles. The molecule has 0 unspecified atom stereocenters. The fraction of sp³-hybridized carbons (Fsp3) is 0.619. The third-order valence-electron chi connectivity index (χ3n) is 4.92. The van der Waals surface area contributed by atoms with Gasteiger partial charge in [-0.1, -0.05) is 39.8 Å². The monoisotopic (exact) mass is 395 g/mol. The molecule has 1 heterocycles. The summed E-state index contributed by atoms with van der Waals surface area (Å²) < 4.78 is 0. The smallest absolute Gasteiger partial charge is 0.253 e. The Morgan fingerprint density at radius 1 is 1.11 bits per heavy atom. The Morgan fingerprint density at radius 3 is 2.22 bits per heavy atom. The largest absolute Gasteiger partial charge is 0.352 e. The van der Waals surface area contributed by atoms with Crippen molar-refractivity contribution in [2.24, 2.45) is 11.3 Å². The maximum absolute atomic E-state index is 12.7. The van der Waals surface area contributed by atoms with Crippen LogP contribution in [0.3, 0.4) is 0 Å². The van der Waals surface area contributed by atoms with E-state index in [4.69, 9.17) is 0 Å². The van der Waals surface area contributed by atoms with Crippen molar-refractivity contribution in [1.82, 2.24) is 15.5 Å². The van der Waals surface area contributed by atoms with E-state index in [9.17, 15) is 9.59 Å². The highest BCUT2D eigenvalue weighted by molar-refractivity contribution is 5.94. The van der Waals surface area contributed by atoms with Crippen LogP contribution >= 0.6 is 12.4 Å². The van der Waals surface area contributed by atoms with Crippen LogP contribution < -0.4 is 10.6 Å². The first kappa shape index (κ1) is 23.4. The number of rotatable bonds is 6. The number of hydrogen-bond acceptors (Lipinski definition) is 3. The second-order valence-corrected chi connectivity index (χ2v) is 8.17. The molecule has 1 fully saturated rings. The molecule has 2 N–H and O–H groups in total. The second-order valence-electron chi connectivity index (χ2n) is 8.17. The molecular weight excluding hydrogens is 362 g/mol. The normalized spacial score (nSPS) is 15.2. The lowest BCUT2D eigenvalue weighted by atomic mass is 9.95. The van der Waals surface area contributed by atoms with Gasteiger partial charge in [-0.15, -0.1) is 12.4 Å². The van der Waals surface area contributed by atoms with Gasteiger partial charge in [0.25, 0.3) is 5.91 Å². The first-order chi connectivity index (χ1) is 12.3. The Balaban J connectivity index is 0.00000364. The topological polar surface area (TPSA) is 61.4 Å². The standard InChI is InChI=1S/C21H33N3O2.ClH/c1-5-22-14-17-10-12-24(13-11-17)19(25)18-8-6-16(7-9-18)15-23-20(26)21(2,3)4;/h6-9,17,22H,5,10-15H2,1-4H3,(H,23,26);1H. The van der Waals surface area contributed by atoms with Crippen LogP contribution in [-0.2, 0) is 11.3 Å². The molecule has 2 rings (SSSR count). The van der Waals surface area contributed by atoms with Gasteiger partial charge in [0, 0.05) is 30.6 Å². The number of hydrogen-bond donors (Lipinski definition) is 2. The van der Waals surface area contributed by atoms with Crippen molar-refractivity contribution >= 4 is 24.2 Å². The van der Waals surface area contributed by atoms with Crippen molar-refractivity contribution in [3.05, 3.63) is 35.4 Å². The molecule has 0 radical (unpaired) electrons. The molecule has 1 aromatic rings. The van der Waals surface area contributed by atoms with Crippen molar-refractivity contribution < 1.29 is 9.59 Å². The predicted molar refractivity (Wildman–Crippen MR) is 112 cm³/mol. The number of carbonyl (C=O) groups excluding carboxylic acids is 2. The second kappa shape index (κ2) is 10.7. The molecule has 0 atom stereocenters. The van der Waals surface area contributed by atoms with Crippen LogP contribution in [0, 0.1) is 11.3 Å². The van der Waals surface area contributed by atoms with Gasteiger partial charge >= 0.3 is 0 Å². The van der Waals surface area contributed by atoms with Gasteiger partial charge in [-0.2, -0.15) is 0 Å². The van der Waals surface area contributed by atoms with Crippen molar-refractivity contribution in [3.63, 3.8) is 0 Å². The average molecular weight is 396 g/mol. The van der Waals surface area contributed by atoms with E-state index in [1.807, 2.05) is 49.9 Å². The molecule has 1 saturated heterocycles. The fourth-order valence-electron chi connectivity index (χ4n) is 3.08. The molecule has 1 aliphatic rings. The minimum Gasteiger partial charge on any atom is -0.352 e. The highest BCUT2D eigenvalue weighted by Gasteiger charge is 2.23. The number of carbonyl (C=O) groups is 2. The van der Waals surface area contributed by atoms with Gasteiger partial charge in [0.1, 0.15) is 0 Å². The molecule has 0 saturated carbocycles. The lowest BCUT2D eigenvalue weighted by Gasteiger charge is -2.32. The highest BCUT2D eigenvalue weighted by Crippen LogP contribution is 2.19. The van der Waals surface area contributed by atoms with Crippen LogP contribution in [0.1, 0.15) is 56.5 Å². The predicted octanol–water partition coefficient (Wildman–Crippen LogP) is 3.23. The van der Waals surface area contributed by atoms with Gasteiger partial charge in [0.15, 0.2) is 0 Å². The van der Waals surface area contributed by atoms with Crippen LogP contribution in [0.5, 0.6) is 0 Å². The quantitative estimate of drug-likeness (QED) is 0.777. The average Bonchev–Trinajstić information content (AvgIpc) is 2.64. The van der Waals surface area contributed by atoms with Crippen molar-refractivity contribution in [3.8, 4) is 0 Å². The summed E-state index contributed by atoms with van der Waals surface area (Å²) in [5.41, 5.74) is 1.33. The van der Waals surface area contributed by atoms with Crippen LogP contribution in [0.25, 0.3) is 0 Å². The number of nitrogens with zero attached hydrogens (tertiary/aromatic N) is 1. The molecule has 27 heavy (non-hydrogen) atoms. The van der Waals surface area contributed by atoms with E-state index in [0.29, 0.717) is 12.5 Å². The van der Waals surface area contributed by atoms with E-state index in [2.05, 4.69) is 17.6 Å². The Hall–Kier alpha value is -1.59. The van der Waals surface area contributed by atoms with E-state index >= 15 is 0 Å². The van der Waals surface area contributed by atoms with Gasteiger partial charge in [-0.3, -0.25) is 9.59 Å². The zero-order valence-electron chi connectivity index (χ0n) is 17.0. The molecule has 1 aliphatic heterocycles. The molecule has 0 aromatic heterocycles. The number of halogens is 1. The zero-order valence-corrected chi connectivity index (χ0v) is 17.8. The number of likely N-dealkylation sites (tertiary alicyclic amines) is 1. The van der Waals surface area contributed by atoms with Gasteiger partial charge in [0.2, 0.25) is 5.91 Å². The van der Waals surface area contributed by atoms with E-state index in [-0.39, 0.29) is 24.2 Å². The van der Waals surface area contributed by atoms with E-state index in [0.717, 1.165) is 50.1 Å². The van der Waals surface area contributed by atoms with Gasteiger partial charge in [-0.25, -0.2) is 0 Å². The summed E-state index contributed by atoms with van der Waals surface area (Å²) in [6, 6.07) is 7.58. The maximum Gasteiger partial charge on any atom is 0.253 e. The summed E-state index contributed by atoms with van der Waals surface area (Å²) in [4.78, 5) is 26.6. The third-order valence-corrected chi connectivity index (χ3v) is 4.92. The van der Waals surface area contributed by atoms with Gasteiger partial charge in [-0.05, 0) is 49.5 Å². The molecule has 0 bridgehead atoms. The molecule has 2 amide bonds. The van der Waals surface area contributed by atoms with E-state index < -0.39 is 5.41 Å². The van der Waals surface area contributed by atoms with Crippen LogP contribution in [0.4, 0.5) is 0 Å². The van der Waals surface area contributed by atoms with Gasteiger partial charge in [0.05, 0.1) is 0 Å². The summed E-state index contributed by atoms with van der Waals surface area (Å²) in [6.45, 7) is 12.0. The number of amides is 2. The number of nitrogens with one attached hydrogen (secondary N) is 2. The first-order valence-electron chi connectivity index (χ1n) is 9.68. The summed E-state index contributed by atoms with van der Waals surface area (Å²) in [7, 11) is 0. The van der Waals surface area contributed by atoms with Gasteiger partial charge < -0.3 is 15.5 Å². The number of piperidine rings is 1. The summed E-state index contributed by atoms with van der Waals surface area (Å²) in [5, 5.41) is 6.33. The minimum absolute atomic E-state index is 0. The Labute approximate surface area is 169 Å². The summed E-state index contributed by atoms with van der Waals surface area (Å²) in [6.07, 6.45) is 2.13. The van der Waals surface area contributed by atoms with Crippen molar-refractivity contribution in [2.45, 2.75) is 47.1 Å². The molecule has 152 valence electrons. The van der Waals surface area contributed by atoms with E-state index in [1.165, 1.54) is 0 Å². The summed E-state index contributed by atoms with van der Waals surface area (Å²) >= 11 is 0. The molecule has 6 heteroatoms. The molecule has 5 nitrogen and oxygen atoms in total. The SMILES string of the molecule is CCNCC1CCN(C(=O)c2ccc(CNC(=O)C(C)(C)C)cc2)CC1.Cl. The van der Waals surface area contributed by atoms with E-state index in [1.54, 1.807) is 0 Å². The molecular formula is C21H34ClN3O2. The minimum atomic E-state index is -0.394. The fourth-order valence-corrected chi connectivity index (χ4v) is 3.08. The lowest BCUT2D eigenvalue weighted by Crippen LogP contribution is -2.40. The Bertz CT molecular complexity index is 603. The highest BCUT2D eigenvalue weighted by atomic mass is 35.5.